The molecule has 9 heteroatoms. The van der Waals surface area contributed by atoms with Crippen molar-refractivity contribution >= 4 is 57.7 Å². The molecule has 0 saturated carbocycles. The standard InChI is InChI=1S/C31H30N4O3S2/c1-20(2)23-11-9-22(10-12-23)19-27(34-29(37)24-7-5-4-6-8-24)30(38)33-25-13-15-26(16-14-25)40-21(3)28(36)35-31-32-17-18-39-31/h4-21H,1-3H3,(H,33,38)(H,34,37)(H,32,35,36)/b27-19-. The first-order chi connectivity index (χ1) is 19.3. The first-order valence-electron chi connectivity index (χ1n) is 12.7. The van der Waals surface area contributed by atoms with E-state index in [1.165, 1.54) is 28.7 Å². The minimum absolute atomic E-state index is 0.122. The van der Waals surface area contributed by atoms with Crippen LogP contribution in [0.5, 0.6) is 0 Å². The zero-order valence-corrected chi connectivity index (χ0v) is 24.0. The number of anilines is 2. The van der Waals surface area contributed by atoms with E-state index in [9.17, 15) is 14.4 Å². The number of aromatic nitrogens is 1. The lowest BCUT2D eigenvalue weighted by Crippen LogP contribution is -2.30. The van der Waals surface area contributed by atoms with Gasteiger partial charge in [0.2, 0.25) is 5.91 Å². The van der Waals surface area contributed by atoms with Gasteiger partial charge in [-0.3, -0.25) is 14.4 Å². The van der Waals surface area contributed by atoms with Crippen molar-refractivity contribution in [1.29, 1.82) is 0 Å². The van der Waals surface area contributed by atoms with Crippen molar-refractivity contribution in [2.24, 2.45) is 0 Å². The third-order valence-electron chi connectivity index (χ3n) is 5.90. The van der Waals surface area contributed by atoms with Crippen LogP contribution in [0.3, 0.4) is 0 Å². The average molecular weight is 571 g/mol. The van der Waals surface area contributed by atoms with Crippen LogP contribution in [0.15, 0.2) is 101 Å². The van der Waals surface area contributed by atoms with Crippen molar-refractivity contribution in [3.8, 4) is 0 Å². The molecule has 0 aliphatic heterocycles. The number of thiazole rings is 1. The molecule has 4 aromatic rings. The Kier molecular flexibility index (Phi) is 9.88. The summed E-state index contributed by atoms with van der Waals surface area (Å²) in [6, 6.07) is 23.8. The Bertz CT molecular complexity index is 1470. The number of carbonyl (C=O) groups excluding carboxylic acids is 3. The minimum Gasteiger partial charge on any atom is -0.321 e. The van der Waals surface area contributed by atoms with E-state index in [2.05, 4.69) is 34.8 Å². The molecule has 0 radical (unpaired) electrons. The lowest BCUT2D eigenvalue weighted by molar-refractivity contribution is -0.115. The average Bonchev–Trinajstić information content (AvgIpc) is 3.47. The third kappa shape index (κ3) is 8.14. The van der Waals surface area contributed by atoms with Crippen LogP contribution in [0.2, 0.25) is 0 Å². The Morgan fingerprint density at radius 2 is 1.57 bits per heavy atom. The summed E-state index contributed by atoms with van der Waals surface area (Å²) in [5, 5.41) is 10.5. The first kappa shape index (κ1) is 28.8. The molecule has 1 aromatic heterocycles. The molecule has 0 fully saturated rings. The largest absolute Gasteiger partial charge is 0.321 e. The Labute approximate surface area is 242 Å². The van der Waals surface area contributed by atoms with Crippen molar-refractivity contribution in [2.75, 3.05) is 10.6 Å². The minimum atomic E-state index is -0.450. The predicted molar refractivity (Wildman–Crippen MR) is 164 cm³/mol. The molecular formula is C31H30N4O3S2. The smallest absolute Gasteiger partial charge is 0.272 e. The van der Waals surface area contributed by atoms with Gasteiger partial charge in [0.1, 0.15) is 5.70 Å². The number of hydrogen-bond donors (Lipinski definition) is 3. The van der Waals surface area contributed by atoms with Crippen molar-refractivity contribution < 1.29 is 14.4 Å². The van der Waals surface area contributed by atoms with Crippen molar-refractivity contribution in [2.45, 2.75) is 36.8 Å². The highest BCUT2D eigenvalue weighted by Crippen LogP contribution is 2.26. The van der Waals surface area contributed by atoms with Crippen LogP contribution in [-0.2, 0) is 9.59 Å². The second-order valence-corrected chi connectivity index (χ2v) is 11.6. The van der Waals surface area contributed by atoms with Crippen LogP contribution in [-0.4, -0.2) is 28.0 Å². The maximum Gasteiger partial charge on any atom is 0.272 e. The molecule has 7 nitrogen and oxygen atoms in total. The van der Waals surface area contributed by atoms with Gasteiger partial charge in [-0.25, -0.2) is 4.98 Å². The van der Waals surface area contributed by atoms with Gasteiger partial charge in [-0.05, 0) is 66.4 Å². The van der Waals surface area contributed by atoms with E-state index in [1.54, 1.807) is 54.1 Å². The van der Waals surface area contributed by atoms with E-state index in [1.807, 2.05) is 49.4 Å². The van der Waals surface area contributed by atoms with E-state index in [0.29, 0.717) is 22.3 Å². The Hall–Kier alpha value is -4.21. The van der Waals surface area contributed by atoms with Crippen molar-refractivity contribution in [3.05, 3.63) is 113 Å². The summed E-state index contributed by atoms with van der Waals surface area (Å²) in [5.41, 5.74) is 3.11. The maximum atomic E-state index is 13.3. The van der Waals surface area contributed by atoms with Gasteiger partial charge in [0.15, 0.2) is 5.13 Å². The Morgan fingerprint density at radius 3 is 2.20 bits per heavy atom. The fourth-order valence-corrected chi connectivity index (χ4v) is 5.05. The summed E-state index contributed by atoms with van der Waals surface area (Å²) >= 11 is 2.77. The van der Waals surface area contributed by atoms with Crippen molar-refractivity contribution in [1.82, 2.24) is 10.3 Å². The topological polar surface area (TPSA) is 100 Å². The molecule has 1 atom stereocenters. The highest BCUT2D eigenvalue weighted by molar-refractivity contribution is 8.00. The van der Waals surface area contributed by atoms with Crippen LogP contribution >= 0.6 is 23.1 Å². The molecule has 3 N–H and O–H groups in total. The second kappa shape index (κ2) is 13.7. The number of carbonyl (C=O) groups is 3. The third-order valence-corrected chi connectivity index (χ3v) is 7.70. The molecule has 204 valence electrons. The number of nitrogens with one attached hydrogen (secondary N) is 3. The molecule has 0 spiro atoms. The van der Waals surface area contributed by atoms with E-state index in [4.69, 9.17) is 0 Å². The SMILES string of the molecule is CC(Sc1ccc(NC(=O)/C(=C/c2ccc(C(C)C)cc2)NC(=O)c2ccccc2)cc1)C(=O)Nc1nccs1. The van der Waals surface area contributed by atoms with Gasteiger partial charge >= 0.3 is 0 Å². The zero-order chi connectivity index (χ0) is 28.5. The zero-order valence-electron chi connectivity index (χ0n) is 22.4. The summed E-state index contributed by atoms with van der Waals surface area (Å²) in [7, 11) is 0. The molecule has 0 aliphatic rings. The molecule has 0 saturated heterocycles. The van der Waals surface area contributed by atoms with Crippen molar-refractivity contribution in [3.63, 3.8) is 0 Å². The molecule has 3 amide bonds. The Morgan fingerprint density at radius 1 is 0.875 bits per heavy atom. The molecular weight excluding hydrogens is 541 g/mol. The lowest BCUT2D eigenvalue weighted by atomic mass is 10.0. The molecule has 4 rings (SSSR count). The molecule has 1 unspecified atom stereocenters. The van der Waals surface area contributed by atoms with Gasteiger partial charge in [-0.2, -0.15) is 0 Å². The van der Waals surface area contributed by atoms with E-state index in [-0.39, 0.29) is 22.8 Å². The maximum absolute atomic E-state index is 13.3. The number of amides is 3. The fraction of sp³-hybridized carbons (Fsp3) is 0.161. The Balaban J connectivity index is 1.45. The summed E-state index contributed by atoms with van der Waals surface area (Å²) in [5.74, 6) is -0.579. The monoisotopic (exact) mass is 570 g/mol. The van der Waals surface area contributed by atoms with Gasteiger partial charge in [0, 0.05) is 27.7 Å². The lowest BCUT2D eigenvalue weighted by Gasteiger charge is -2.13. The van der Waals surface area contributed by atoms with Crippen LogP contribution in [0, 0.1) is 0 Å². The van der Waals surface area contributed by atoms with Gasteiger partial charge in [-0.15, -0.1) is 23.1 Å². The summed E-state index contributed by atoms with van der Waals surface area (Å²) in [4.78, 5) is 43.6. The van der Waals surface area contributed by atoms with Gasteiger partial charge in [-0.1, -0.05) is 56.3 Å². The van der Waals surface area contributed by atoms with E-state index in [0.717, 1.165) is 10.5 Å². The molecule has 1 heterocycles. The highest BCUT2D eigenvalue weighted by atomic mass is 32.2. The quantitative estimate of drug-likeness (QED) is 0.144. The first-order valence-corrected chi connectivity index (χ1v) is 14.5. The number of hydrogen-bond acceptors (Lipinski definition) is 6. The molecule has 0 aliphatic carbocycles. The van der Waals surface area contributed by atoms with E-state index < -0.39 is 5.91 Å². The summed E-state index contributed by atoms with van der Waals surface area (Å²) < 4.78 is 0. The molecule has 0 bridgehead atoms. The van der Waals surface area contributed by atoms with Gasteiger partial charge in [0.05, 0.1) is 5.25 Å². The van der Waals surface area contributed by atoms with Crippen LogP contribution in [0.4, 0.5) is 10.8 Å². The number of benzene rings is 3. The highest BCUT2D eigenvalue weighted by Gasteiger charge is 2.17. The van der Waals surface area contributed by atoms with Gasteiger partial charge < -0.3 is 16.0 Å². The molecule has 3 aromatic carbocycles. The summed E-state index contributed by atoms with van der Waals surface area (Å²) in [6.45, 7) is 6.06. The number of thioether (sulfide) groups is 1. The normalized spacial score (nSPS) is 12.1. The van der Waals surface area contributed by atoms with Crippen LogP contribution in [0.25, 0.3) is 6.08 Å². The number of nitrogens with zero attached hydrogens (tertiary/aromatic N) is 1. The van der Waals surface area contributed by atoms with E-state index >= 15 is 0 Å². The van der Waals surface area contributed by atoms with Crippen LogP contribution in [0.1, 0.15) is 48.2 Å². The van der Waals surface area contributed by atoms with Crippen LogP contribution < -0.4 is 16.0 Å². The number of rotatable bonds is 10. The second-order valence-electron chi connectivity index (χ2n) is 9.26. The predicted octanol–water partition coefficient (Wildman–Crippen LogP) is 6.80. The summed E-state index contributed by atoms with van der Waals surface area (Å²) in [6.07, 6.45) is 3.30. The van der Waals surface area contributed by atoms with Gasteiger partial charge in [0.25, 0.3) is 11.8 Å². The fourth-order valence-electron chi connectivity index (χ4n) is 3.65. The molecule has 40 heavy (non-hydrogen) atoms.